The van der Waals surface area contributed by atoms with Crippen LogP contribution in [0, 0.1) is 0 Å². The number of rotatable bonds is 2. The monoisotopic (exact) mass is 299 g/mol. The molecular formula is C10H7BrClN3O. The van der Waals surface area contributed by atoms with Gasteiger partial charge in [-0.2, -0.15) is 5.10 Å². The van der Waals surface area contributed by atoms with Gasteiger partial charge in [0.1, 0.15) is 5.69 Å². The van der Waals surface area contributed by atoms with E-state index in [-0.39, 0.29) is 11.3 Å². The standard InChI is InChI=1S/C10H7BrClN3O/c11-7-3-8(6-13-5-7)15-2-1-10(16)9(4-12)14-15/h1-3,5-6H,4H2. The van der Waals surface area contributed by atoms with E-state index < -0.39 is 0 Å². The molecule has 2 heterocycles. The average Bonchev–Trinajstić information content (AvgIpc) is 2.29. The Morgan fingerprint density at radius 3 is 2.94 bits per heavy atom. The maximum atomic E-state index is 11.3. The quantitative estimate of drug-likeness (QED) is 0.798. The number of hydrogen-bond donors (Lipinski definition) is 0. The van der Waals surface area contributed by atoms with Gasteiger partial charge < -0.3 is 0 Å². The molecule has 0 aliphatic heterocycles. The van der Waals surface area contributed by atoms with Gasteiger partial charge in [-0.25, -0.2) is 4.68 Å². The van der Waals surface area contributed by atoms with Crippen LogP contribution in [0.25, 0.3) is 5.69 Å². The van der Waals surface area contributed by atoms with Gasteiger partial charge in [-0.1, -0.05) is 0 Å². The van der Waals surface area contributed by atoms with E-state index in [1.165, 1.54) is 6.07 Å². The first-order valence-corrected chi connectivity index (χ1v) is 5.79. The summed E-state index contributed by atoms with van der Waals surface area (Å²) < 4.78 is 2.41. The molecule has 6 heteroatoms. The van der Waals surface area contributed by atoms with E-state index >= 15 is 0 Å². The number of aromatic nitrogens is 3. The Balaban J connectivity index is 2.52. The van der Waals surface area contributed by atoms with Crippen molar-refractivity contribution in [1.82, 2.24) is 14.8 Å². The molecule has 0 saturated heterocycles. The molecule has 0 bridgehead atoms. The van der Waals surface area contributed by atoms with Gasteiger partial charge in [-0.05, 0) is 22.0 Å². The molecule has 16 heavy (non-hydrogen) atoms. The summed E-state index contributed by atoms with van der Waals surface area (Å²) in [4.78, 5) is 15.3. The largest absolute Gasteiger partial charge is 0.288 e. The van der Waals surface area contributed by atoms with Crippen molar-refractivity contribution in [2.24, 2.45) is 0 Å². The second kappa shape index (κ2) is 4.76. The number of pyridine rings is 1. The third kappa shape index (κ3) is 2.31. The van der Waals surface area contributed by atoms with Crippen molar-refractivity contribution in [1.29, 1.82) is 0 Å². The molecule has 2 aromatic rings. The van der Waals surface area contributed by atoms with Gasteiger partial charge in [0.25, 0.3) is 0 Å². The van der Waals surface area contributed by atoms with Crippen LogP contribution in [0.15, 0.2) is 40.0 Å². The van der Waals surface area contributed by atoms with E-state index in [2.05, 4.69) is 26.0 Å². The maximum absolute atomic E-state index is 11.3. The van der Waals surface area contributed by atoms with E-state index in [1.807, 2.05) is 6.07 Å². The highest BCUT2D eigenvalue weighted by Gasteiger charge is 2.02. The highest BCUT2D eigenvalue weighted by molar-refractivity contribution is 9.10. The van der Waals surface area contributed by atoms with Crippen molar-refractivity contribution in [2.75, 3.05) is 0 Å². The van der Waals surface area contributed by atoms with Crippen molar-refractivity contribution < 1.29 is 0 Å². The Labute approximate surface area is 105 Å². The lowest BCUT2D eigenvalue weighted by atomic mass is 10.4. The van der Waals surface area contributed by atoms with Crippen molar-refractivity contribution in [3.63, 3.8) is 0 Å². The summed E-state index contributed by atoms with van der Waals surface area (Å²) in [5, 5.41) is 4.11. The van der Waals surface area contributed by atoms with Crippen molar-refractivity contribution in [3.8, 4) is 5.69 Å². The fourth-order valence-electron chi connectivity index (χ4n) is 1.21. The molecule has 0 spiro atoms. The van der Waals surface area contributed by atoms with Crippen molar-refractivity contribution >= 4 is 27.5 Å². The number of halogens is 2. The van der Waals surface area contributed by atoms with Gasteiger partial charge in [0.05, 0.1) is 17.8 Å². The zero-order chi connectivity index (χ0) is 11.5. The topological polar surface area (TPSA) is 47.8 Å². The Bertz CT molecular complexity index is 570. The lowest BCUT2D eigenvalue weighted by molar-refractivity contribution is 0.800. The maximum Gasteiger partial charge on any atom is 0.204 e. The average molecular weight is 301 g/mol. The molecular weight excluding hydrogens is 293 g/mol. The van der Waals surface area contributed by atoms with E-state index in [9.17, 15) is 4.79 Å². The van der Waals surface area contributed by atoms with Crippen LogP contribution in [-0.4, -0.2) is 14.8 Å². The summed E-state index contributed by atoms with van der Waals surface area (Å²) in [6.07, 6.45) is 4.91. The van der Waals surface area contributed by atoms with E-state index in [1.54, 1.807) is 23.3 Å². The second-order valence-electron chi connectivity index (χ2n) is 3.07. The predicted molar refractivity (Wildman–Crippen MR) is 64.9 cm³/mol. The van der Waals surface area contributed by atoms with Gasteiger partial charge in [-0.3, -0.25) is 9.78 Å². The summed E-state index contributed by atoms with van der Waals surface area (Å²) in [6, 6.07) is 3.29. The summed E-state index contributed by atoms with van der Waals surface area (Å²) in [6.45, 7) is 0. The highest BCUT2D eigenvalue weighted by Crippen LogP contribution is 2.12. The van der Waals surface area contributed by atoms with Gasteiger partial charge >= 0.3 is 0 Å². The van der Waals surface area contributed by atoms with Crippen LogP contribution in [0.4, 0.5) is 0 Å². The Kier molecular flexibility index (Phi) is 3.36. The fourth-order valence-corrected chi connectivity index (χ4v) is 1.75. The van der Waals surface area contributed by atoms with Gasteiger partial charge in [0.2, 0.25) is 5.43 Å². The minimum absolute atomic E-state index is 0.0983. The van der Waals surface area contributed by atoms with Crippen LogP contribution >= 0.6 is 27.5 Å². The minimum Gasteiger partial charge on any atom is -0.288 e. The fraction of sp³-hybridized carbons (Fsp3) is 0.100. The van der Waals surface area contributed by atoms with Crippen LogP contribution in [0.2, 0.25) is 0 Å². The number of nitrogens with zero attached hydrogens (tertiary/aromatic N) is 3. The first kappa shape index (κ1) is 11.3. The van der Waals surface area contributed by atoms with Crippen LogP contribution in [0.3, 0.4) is 0 Å². The first-order chi connectivity index (χ1) is 7.70. The van der Waals surface area contributed by atoms with E-state index in [4.69, 9.17) is 11.6 Å². The van der Waals surface area contributed by atoms with Gasteiger partial charge in [-0.15, -0.1) is 11.6 Å². The molecule has 0 aliphatic carbocycles. The highest BCUT2D eigenvalue weighted by atomic mass is 79.9. The number of alkyl halides is 1. The van der Waals surface area contributed by atoms with Crippen LogP contribution in [-0.2, 0) is 5.88 Å². The molecule has 2 aromatic heterocycles. The van der Waals surface area contributed by atoms with E-state index in [0.717, 1.165) is 10.2 Å². The normalized spacial score (nSPS) is 10.4. The molecule has 0 unspecified atom stereocenters. The second-order valence-corrected chi connectivity index (χ2v) is 4.25. The summed E-state index contributed by atoms with van der Waals surface area (Å²) in [5.41, 5.74) is 0.930. The molecule has 0 saturated carbocycles. The van der Waals surface area contributed by atoms with Crippen molar-refractivity contribution in [3.05, 3.63) is 51.1 Å². The van der Waals surface area contributed by atoms with Gasteiger partial charge in [0.15, 0.2) is 0 Å². The summed E-state index contributed by atoms with van der Waals surface area (Å²) >= 11 is 8.94. The minimum atomic E-state index is -0.158. The molecule has 0 aromatic carbocycles. The lowest BCUT2D eigenvalue weighted by Gasteiger charge is -2.05. The molecule has 0 amide bonds. The SMILES string of the molecule is O=c1ccn(-c2cncc(Br)c2)nc1CCl. The predicted octanol–water partition coefficient (Wildman–Crippen LogP) is 2.13. The zero-order valence-corrected chi connectivity index (χ0v) is 10.4. The Morgan fingerprint density at radius 2 is 2.25 bits per heavy atom. The van der Waals surface area contributed by atoms with Crippen LogP contribution in [0.5, 0.6) is 0 Å². The molecule has 2 rings (SSSR count). The Morgan fingerprint density at radius 1 is 1.44 bits per heavy atom. The van der Waals surface area contributed by atoms with Crippen LogP contribution in [0.1, 0.15) is 5.69 Å². The van der Waals surface area contributed by atoms with Gasteiger partial charge in [0, 0.05) is 22.9 Å². The molecule has 4 nitrogen and oxygen atoms in total. The van der Waals surface area contributed by atoms with E-state index in [0.29, 0.717) is 5.69 Å². The lowest BCUT2D eigenvalue weighted by Crippen LogP contribution is -2.14. The molecule has 0 radical (unpaired) electrons. The number of hydrogen-bond acceptors (Lipinski definition) is 3. The third-order valence-electron chi connectivity index (χ3n) is 1.96. The molecule has 0 N–H and O–H groups in total. The summed E-state index contributed by atoms with van der Waals surface area (Å²) in [5.74, 6) is 0.0983. The molecule has 82 valence electrons. The Hall–Kier alpha value is -1.20. The summed E-state index contributed by atoms with van der Waals surface area (Å²) in [7, 11) is 0. The van der Waals surface area contributed by atoms with Crippen molar-refractivity contribution in [2.45, 2.75) is 5.88 Å². The first-order valence-electron chi connectivity index (χ1n) is 4.46. The zero-order valence-electron chi connectivity index (χ0n) is 8.10. The third-order valence-corrected chi connectivity index (χ3v) is 2.65. The smallest absolute Gasteiger partial charge is 0.204 e. The molecule has 0 aliphatic rings. The molecule has 0 fully saturated rings. The molecule has 0 atom stereocenters. The van der Waals surface area contributed by atoms with Crippen LogP contribution < -0.4 is 5.43 Å².